The van der Waals surface area contributed by atoms with E-state index in [1.165, 1.54) is 35.5 Å². The smallest absolute Gasteiger partial charge is 0.255 e. The van der Waals surface area contributed by atoms with Gasteiger partial charge in [0.25, 0.3) is 5.91 Å². The predicted molar refractivity (Wildman–Crippen MR) is 95.7 cm³/mol. The first-order valence-electron chi connectivity index (χ1n) is 8.09. The molecule has 124 valence electrons. The Bertz CT molecular complexity index is 907. The fourth-order valence-electron chi connectivity index (χ4n) is 3.00. The summed E-state index contributed by atoms with van der Waals surface area (Å²) >= 11 is 0. The van der Waals surface area contributed by atoms with Crippen molar-refractivity contribution in [1.29, 1.82) is 0 Å². The van der Waals surface area contributed by atoms with Crippen molar-refractivity contribution < 1.29 is 9.18 Å². The van der Waals surface area contributed by atoms with Gasteiger partial charge < -0.3 is 10.2 Å². The zero-order chi connectivity index (χ0) is 17.2. The van der Waals surface area contributed by atoms with E-state index in [1.54, 1.807) is 6.20 Å². The number of fused-ring (bicyclic) bond motifs is 1. The van der Waals surface area contributed by atoms with Gasteiger partial charge in [-0.25, -0.2) is 9.37 Å². The number of pyridine rings is 1. The Morgan fingerprint density at radius 1 is 1.04 bits per heavy atom. The Labute approximate surface area is 144 Å². The minimum Gasteiger partial charge on any atom is -0.326 e. The van der Waals surface area contributed by atoms with Gasteiger partial charge in [0.05, 0.1) is 11.9 Å². The minimum absolute atomic E-state index is 0.291. The molecule has 0 unspecified atom stereocenters. The largest absolute Gasteiger partial charge is 0.326 e. The van der Waals surface area contributed by atoms with Crippen molar-refractivity contribution in [1.82, 2.24) is 4.98 Å². The van der Waals surface area contributed by atoms with Gasteiger partial charge in [-0.3, -0.25) is 4.79 Å². The maximum absolute atomic E-state index is 12.9. The standard InChI is InChI=1S/C20H16FN3O/c21-16-7-5-15(6-8-16)20(25)23-17-9-10-19(22-13-17)24-12-11-14-3-1-2-4-18(14)24/h1-10,13H,11-12H2,(H,23,25). The number of benzene rings is 2. The minimum atomic E-state index is -0.367. The lowest BCUT2D eigenvalue weighted by atomic mass is 10.2. The van der Waals surface area contributed by atoms with E-state index in [0.29, 0.717) is 11.3 Å². The highest BCUT2D eigenvalue weighted by Gasteiger charge is 2.20. The van der Waals surface area contributed by atoms with E-state index in [-0.39, 0.29) is 11.7 Å². The molecule has 2 heterocycles. The molecule has 0 fully saturated rings. The second-order valence-corrected chi connectivity index (χ2v) is 5.90. The first kappa shape index (κ1) is 15.3. The normalized spacial score (nSPS) is 12.8. The molecule has 0 spiro atoms. The zero-order valence-corrected chi connectivity index (χ0v) is 13.4. The van der Waals surface area contributed by atoms with Gasteiger partial charge in [-0.15, -0.1) is 0 Å². The SMILES string of the molecule is O=C(Nc1ccc(N2CCc3ccccc32)nc1)c1ccc(F)cc1. The van der Waals surface area contributed by atoms with E-state index in [1.807, 2.05) is 24.3 Å². The molecule has 0 saturated heterocycles. The molecule has 3 aromatic rings. The lowest BCUT2D eigenvalue weighted by Gasteiger charge is -2.18. The molecule has 1 amide bonds. The van der Waals surface area contributed by atoms with Crippen LogP contribution in [0.5, 0.6) is 0 Å². The Kier molecular flexibility index (Phi) is 3.90. The summed E-state index contributed by atoms with van der Waals surface area (Å²) in [6.45, 7) is 0.896. The summed E-state index contributed by atoms with van der Waals surface area (Å²) in [6, 6.07) is 17.4. The second-order valence-electron chi connectivity index (χ2n) is 5.90. The van der Waals surface area contributed by atoms with Crippen LogP contribution in [0.1, 0.15) is 15.9 Å². The maximum atomic E-state index is 12.9. The van der Waals surface area contributed by atoms with Gasteiger partial charge in [0, 0.05) is 17.8 Å². The molecule has 1 aliphatic rings. The van der Waals surface area contributed by atoms with E-state index in [4.69, 9.17) is 0 Å². The molecular weight excluding hydrogens is 317 g/mol. The summed E-state index contributed by atoms with van der Waals surface area (Å²) < 4.78 is 12.9. The average molecular weight is 333 g/mol. The first-order valence-corrected chi connectivity index (χ1v) is 8.09. The van der Waals surface area contributed by atoms with E-state index in [2.05, 4.69) is 27.3 Å². The molecule has 1 aromatic heterocycles. The molecule has 1 N–H and O–H groups in total. The van der Waals surface area contributed by atoms with Crippen LogP contribution < -0.4 is 10.2 Å². The Morgan fingerprint density at radius 2 is 1.84 bits per heavy atom. The summed E-state index contributed by atoms with van der Waals surface area (Å²) in [6.07, 6.45) is 2.64. The van der Waals surface area contributed by atoms with Crippen molar-refractivity contribution in [3.8, 4) is 0 Å². The van der Waals surface area contributed by atoms with Crippen molar-refractivity contribution >= 4 is 23.1 Å². The number of hydrogen-bond donors (Lipinski definition) is 1. The molecule has 0 aliphatic carbocycles. The number of halogens is 1. The van der Waals surface area contributed by atoms with E-state index in [9.17, 15) is 9.18 Å². The fourth-order valence-corrected chi connectivity index (χ4v) is 3.00. The monoisotopic (exact) mass is 333 g/mol. The molecule has 0 saturated carbocycles. The third kappa shape index (κ3) is 3.08. The highest BCUT2D eigenvalue weighted by Crippen LogP contribution is 2.33. The Balaban J connectivity index is 1.49. The van der Waals surface area contributed by atoms with Crippen LogP contribution in [0.4, 0.5) is 21.6 Å². The van der Waals surface area contributed by atoms with Crippen molar-refractivity contribution in [2.45, 2.75) is 6.42 Å². The number of rotatable bonds is 3. The van der Waals surface area contributed by atoms with Crippen LogP contribution in [0.25, 0.3) is 0 Å². The predicted octanol–water partition coefficient (Wildman–Crippen LogP) is 4.17. The number of hydrogen-bond acceptors (Lipinski definition) is 3. The van der Waals surface area contributed by atoms with Crippen molar-refractivity contribution in [3.05, 3.63) is 83.8 Å². The number of carbonyl (C=O) groups excluding carboxylic acids is 1. The van der Waals surface area contributed by atoms with Crippen molar-refractivity contribution in [2.75, 3.05) is 16.8 Å². The highest BCUT2D eigenvalue weighted by atomic mass is 19.1. The summed E-state index contributed by atoms with van der Waals surface area (Å²) in [5.74, 6) is 0.194. The first-order chi connectivity index (χ1) is 12.2. The number of aromatic nitrogens is 1. The molecule has 25 heavy (non-hydrogen) atoms. The van der Waals surface area contributed by atoms with Crippen LogP contribution >= 0.6 is 0 Å². The van der Waals surface area contributed by atoms with Gasteiger partial charge in [0.1, 0.15) is 11.6 Å². The van der Waals surface area contributed by atoms with Crippen LogP contribution in [0.15, 0.2) is 66.9 Å². The molecule has 2 aromatic carbocycles. The zero-order valence-electron chi connectivity index (χ0n) is 13.4. The summed E-state index contributed by atoms with van der Waals surface area (Å²) in [5, 5.41) is 2.77. The lowest BCUT2D eigenvalue weighted by Crippen LogP contribution is -2.15. The van der Waals surface area contributed by atoms with Crippen molar-refractivity contribution in [3.63, 3.8) is 0 Å². The Morgan fingerprint density at radius 3 is 2.60 bits per heavy atom. The molecule has 0 radical (unpaired) electrons. The maximum Gasteiger partial charge on any atom is 0.255 e. The molecule has 4 nitrogen and oxygen atoms in total. The third-order valence-electron chi connectivity index (χ3n) is 4.28. The van der Waals surface area contributed by atoms with Crippen molar-refractivity contribution in [2.24, 2.45) is 0 Å². The van der Waals surface area contributed by atoms with E-state index >= 15 is 0 Å². The number of anilines is 3. The lowest BCUT2D eigenvalue weighted by molar-refractivity contribution is 0.102. The van der Waals surface area contributed by atoms with Gasteiger partial charge in [-0.05, 0) is 54.4 Å². The Hall–Kier alpha value is -3.21. The van der Waals surface area contributed by atoms with Crippen LogP contribution in [-0.4, -0.2) is 17.4 Å². The second kappa shape index (κ2) is 6.36. The van der Waals surface area contributed by atoms with E-state index in [0.717, 1.165) is 18.8 Å². The molecule has 1 aliphatic heterocycles. The van der Waals surface area contributed by atoms with Crippen LogP contribution in [0.2, 0.25) is 0 Å². The summed E-state index contributed by atoms with van der Waals surface area (Å²) in [4.78, 5) is 18.8. The van der Waals surface area contributed by atoms with Crippen LogP contribution in [0.3, 0.4) is 0 Å². The number of para-hydroxylation sites is 1. The van der Waals surface area contributed by atoms with Gasteiger partial charge in [-0.2, -0.15) is 0 Å². The number of carbonyl (C=O) groups is 1. The van der Waals surface area contributed by atoms with Gasteiger partial charge in [0.15, 0.2) is 0 Å². The van der Waals surface area contributed by atoms with E-state index < -0.39 is 0 Å². The fraction of sp³-hybridized carbons (Fsp3) is 0.100. The summed E-state index contributed by atoms with van der Waals surface area (Å²) in [7, 11) is 0. The average Bonchev–Trinajstić information content (AvgIpc) is 3.07. The van der Waals surface area contributed by atoms with Gasteiger partial charge in [0.2, 0.25) is 0 Å². The highest BCUT2D eigenvalue weighted by molar-refractivity contribution is 6.04. The molecule has 0 bridgehead atoms. The van der Waals surface area contributed by atoms with Crippen LogP contribution in [-0.2, 0) is 6.42 Å². The quantitative estimate of drug-likeness (QED) is 0.782. The summed E-state index contributed by atoms with van der Waals surface area (Å²) in [5.41, 5.74) is 3.50. The number of nitrogens with one attached hydrogen (secondary N) is 1. The van der Waals surface area contributed by atoms with Crippen LogP contribution in [0, 0.1) is 5.82 Å². The molecular formula is C20H16FN3O. The van der Waals surface area contributed by atoms with Gasteiger partial charge >= 0.3 is 0 Å². The number of amides is 1. The molecule has 4 rings (SSSR count). The molecule has 5 heteroatoms. The van der Waals surface area contributed by atoms with Gasteiger partial charge in [-0.1, -0.05) is 18.2 Å². The number of nitrogens with zero attached hydrogens (tertiary/aromatic N) is 2. The molecule has 0 atom stereocenters. The third-order valence-corrected chi connectivity index (χ3v) is 4.28. The topological polar surface area (TPSA) is 45.2 Å².